The molecule has 0 aliphatic heterocycles. The Morgan fingerprint density at radius 2 is 1.03 bits per heavy atom. The van der Waals surface area contributed by atoms with Crippen LogP contribution in [0.25, 0.3) is 0 Å². The highest BCUT2D eigenvalue weighted by molar-refractivity contribution is 6.27. The number of aldehydes is 2. The van der Waals surface area contributed by atoms with Gasteiger partial charge in [0, 0.05) is 50.3 Å². The van der Waals surface area contributed by atoms with E-state index >= 15 is 0 Å². The van der Waals surface area contributed by atoms with Crippen LogP contribution in [0.5, 0.6) is 0 Å². The molecular weight excluding hydrogens is 440 g/mol. The highest BCUT2D eigenvalue weighted by atomic mass is 16.4. The van der Waals surface area contributed by atoms with E-state index in [0.29, 0.717) is 24.5 Å². The standard InChI is InChI=1S/2C11H10N2O.C2H2O4/c2*14-9-11-2-1-7-13(11)8-10-3-5-12-6-4-10;3-1(4)2(5)6/h2*1-7,9H,8H2;(H,3,4)(H,5,6). The minimum absolute atomic E-state index is 0.696. The third-order valence-corrected chi connectivity index (χ3v) is 4.36. The van der Waals surface area contributed by atoms with Crippen LogP contribution in [0, 0.1) is 0 Å². The summed E-state index contributed by atoms with van der Waals surface area (Å²) in [6, 6.07) is 15.1. The molecule has 4 heterocycles. The Bertz CT molecular complexity index is 1110. The Hall–Kier alpha value is -4.86. The summed E-state index contributed by atoms with van der Waals surface area (Å²) in [4.78, 5) is 47.4. The van der Waals surface area contributed by atoms with E-state index in [1.54, 1.807) is 36.9 Å². The van der Waals surface area contributed by atoms with E-state index in [4.69, 9.17) is 19.8 Å². The number of carbonyl (C=O) groups is 4. The minimum Gasteiger partial charge on any atom is -0.473 e. The van der Waals surface area contributed by atoms with Crippen molar-refractivity contribution in [3.8, 4) is 0 Å². The van der Waals surface area contributed by atoms with Gasteiger partial charge in [-0.3, -0.25) is 19.6 Å². The summed E-state index contributed by atoms with van der Waals surface area (Å²) >= 11 is 0. The first-order valence-electron chi connectivity index (χ1n) is 9.89. The molecule has 10 heteroatoms. The second-order valence-corrected chi connectivity index (χ2v) is 6.68. The molecule has 0 spiro atoms. The highest BCUT2D eigenvalue weighted by Gasteiger charge is 2.04. The van der Waals surface area contributed by atoms with Crippen LogP contribution in [0.3, 0.4) is 0 Å². The van der Waals surface area contributed by atoms with Crippen molar-refractivity contribution in [3.05, 3.63) is 108 Å². The summed E-state index contributed by atoms with van der Waals surface area (Å²) in [6.07, 6.45) is 12.5. The zero-order valence-electron chi connectivity index (χ0n) is 18.0. The van der Waals surface area contributed by atoms with E-state index in [9.17, 15) is 9.59 Å². The zero-order valence-corrected chi connectivity index (χ0v) is 18.0. The van der Waals surface area contributed by atoms with Crippen molar-refractivity contribution in [3.63, 3.8) is 0 Å². The van der Waals surface area contributed by atoms with Crippen LogP contribution in [0.4, 0.5) is 0 Å². The van der Waals surface area contributed by atoms with E-state index in [2.05, 4.69) is 9.97 Å². The van der Waals surface area contributed by atoms with Gasteiger partial charge in [0.25, 0.3) is 0 Å². The maximum Gasteiger partial charge on any atom is 0.414 e. The minimum atomic E-state index is -1.82. The van der Waals surface area contributed by atoms with E-state index in [-0.39, 0.29) is 0 Å². The summed E-state index contributed by atoms with van der Waals surface area (Å²) in [6.45, 7) is 1.42. The van der Waals surface area contributed by atoms with Crippen molar-refractivity contribution in [2.45, 2.75) is 13.1 Å². The number of nitrogens with zero attached hydrogens (tertiary/aromatic N) is 4. The van der Waals surface area contributed by atoms with Crippen molar-refractivity contribution in [1.29, 1.82) is 0 Å². The fourth-order valence-electron chi connectivity index (χ4n) is 2.73. The van der Waals surface area contributed by atoms with Gasteiger partial charge in [0.15, 0.2) is 12.6 Å². The quantitative estimate of drug-likeness (QED) is 0.329. The van der Waals surface area contributed by atoms with Crippen molar-refractivity contribution < 1.29 is 29.4 Å². The fraction of sp³-hybridized carbons (Fsp3) is 0.0833. The lowest BCUT2D eigenvalue weighted by Crippen LogP contribution is -2.09. The molecule has 2 N–H and O–H groups in total. The molecule has 0 aliphatic carbocycles. The summed E-state index contributed by atoms with van der Waals surface area (Å²) in [5, 5.41) is 14.8. The molecule has 0 bridgehead atoms. The van der Waals surface area contributed by atoms with Crippen molar-refractivity contribution in [2.75, 3.05) is 0 Å². The zero-order chi connectivity index (χ0) is 24.8. The maximum absolute atomic E-state index is 10.6. The van der Waals surface area contributed by atoms with Crippen LogP contribution in [0.15, 0.2) is 85.7 Å². The third kappa shape index (κ3) is 8.35. The summed E-state index contributed by atoms with van der Waals surface area (Å²) < 4.78 is 3.81. The fourth-order valence-corrected chi connectivity index (χ4v) is 2.73. The molecule has 4 aromatic rings. The number of pyridine rings is 2. The molecular formula is C24H22N4O6. The molecule has 0 saturated carbocycles. The van der Waals surface area contributed by atoms with Gasteiger partial charge in [0.1, 0.15) is 0 Å². The van der Waals surface area contributed by atoms with Crippen LogP contribution < -0.4 is 0 Å². The average molecular weight is 462 g/mol. The highest BCUT2D eigenvalue weighted by Crippen LogP contribution is 2.06. The molecule has 0 unspecified atom stereocenters. The Balaban J connectivity index is 0.000000196. The van der Waals surface area contributed by atoms with Gasteiger partial charge in [0.05, 0.1) is 11.4 Å². The Morgan fingerprint density at radius 1 is 0.676 bits per heavy atom. The molecule has 4 aromatic heterocycles. The molecule has 0 aromatic carbocycles. The number of carboxylic acid groups (broad SMARTS) is 2. The van der Waals surface area contributed by atoms with Crippen LogP contribution in [0.1, 0.15) is 32.1 Å². The number of carbonyl (C=O) groups excluding carboxylic acids is 2. The average Bonchev–Trinajstić information content (AvgIpc) is 3.50. The first-order valence-corrected chi connectivity index (χ1v) is 9.89. The molecule has 4 rings (SSSR count). The first-order chi connectivity index (χ1) is 16.4. The van der Waals surface area contributed by atoms with Crippen LogP contribution in [-0.4, -0.2) is 53.8 Å². The second-order valence-electron chi connectivity index (χ2n) is 6.68. The van der Waals surface area contributed by atoms with E-state index < -0.39 is 11.9 Å². The van der Waals surface area contributed by atoms with Crippen molar-refractivity contribution in [2.24, 2.45) is 0 Å². The molecule has 34 heavy (non-hydrogen) atoms. The van der Waals surface area contributed by atoms with Gasteiger partial charge in [-0.15, -0.1) is 0 Å². The number of aliphatic carboxylic acids is 2. The molecule has 0 radical (unpaired) electrons. The number of hydrogen-bond donors (Lipinski definition) is 2. The Kier molecular flexibility index (Phi) is 10.1. The summed E-state index contributed by atoms with van der Waals surface area (Å²) in [7, 11) is 0. The van der Waals surface area contributed by atoms with Gasteiger partial charge in [-0.1, -0.05) is 0 Å². The van der Waals surface area contributed by atoms with Crippen LogP contribution >= 0.6 is 0 Å². The van der Waals surface area contributed by atoms with Gasteiger partial charge in [-0.05, 0) is 59.7 Å². The maximum atomic E-state index is 10.6. The van der Waals surface area contributed by atoms with E-state index in [1.165, 1.54) is 0 Å². The molecule has 0 atom stereocenters. The number of rotatable bonds is 6. The van der Waals surface area contributed by atoms with Gasteiger partial charge >= 0.3 is 11.9 Å². The molecule has 0 fully saturated rings. The first kappa shape index (κ1) is 25.4. The topological polar surface area (TPSA) is 144 Å². The predicted molar refractivity (Wildman–Crippen MR) is 122 cm³/mol. The van der Waals surface area contributed by atoms with Crippen molar-refractivity contribution in [1.82, 2.24) is 19.1 Å². The SMILES string of the molecule is O=C(O)C(=O)O.O=Cc1cccn1Cc1ccncc1.O=Cc1cccn1Cc1ccncc1. The molecule has 0 saturated heterocycles. The number of aromatic nitrogens is 4. The van der Waals surface area contributed by atoms with Gasteiger partial charge in [-0.2, -0.15) is 0 Å². The lowest BCUT2D eigenvalue weighted by Gasteiger charge is -2.04. The lowest BCUT2D eigenvalue weighted by atomic mass is 10.2. The largest absolute Gasteiger partial charge is 0.473 e. The second kappa shape index (κ2) is 13.5. The monoisotopic (exact) mass is 462 g/mol. The number of carboxylic acids is 2. The van der Waals surface area contributed by atoms with Gasteiger partial charge in [-0.25, -0.2) is 9.59 Å². The number of hydrogen-bond acceptors (Lipinski definition) is 6. The molecule has 10 nitrogen and oxygen atoms in total. The third-order valence-electron chi connectivity index (χ3n) is 4.36. The predicted octanol–water partition coefficient (Wildman–Crippen LogP) is 2.64. The molecule has 0 amide bonds. The Morgan fingerprint density at radius 3 is 1.32 bits per heavy atom. The summed E-state index contributed by atoms with van der Waals surface area (Å²) in [5.74, 6) is -3.65. The van der Waals surface area contributed by atoms with Gasteiger partial charge < -0.3 is 19.3 Å². The summed E-state index contributed by atoms with van der Waals surface area (Å²) in [5.41, 5.74) is 3.67. The normalized spacial score (nSPS) is 9.53. The van der Waals surface area contributed by atoms with Gasteiger partial charge in [0.2, 0.25) is 0 Å². The van der Waals surface area contributed by atoms with E-state index in [1.807, 2.05) is 57.9 Å². The van der Waals surface area contributed by atoms with Crippen molar-refractivity contribution >= 4 is 24.5 Å². The molecule has 0 aliphatic rings. The molecule has 174 valence electrons. The van der Waals surface area contributed by atoms with E-state index in [0.717, 1.165) is 23.7 Å². The van der Waals surface area contributed by atoms with Crippen LogP contribution in [-0.2, 0) is 22.7 Å². The van der Waals surface area contributed by atoms with Crippen LogP contribution in [0.2, 0.25) is 0 Å². The lowest BCUT2D eigenvalue weighted by molar-refractivity contribution is -0.159. The Labute approximate surface area is 194 Å². The smallest absolute Gasteiger partial charge is 0.414 e.